The van der Waals surface area contributed by atoms with Crippen molar-refractivity contribution in [1.29, 1.82) is 0 Å². The van der Waals surface area contributed by atoms with Crippen LogP contribution in [0.15, 0.2) is 30.3 Å². The van der Waals surface area contributed by atoms with E-state index >= 15 is 0 Å². The van der Waals surface area contributed by atoms with E-state index in [4.69, 9.17) is 18.0 Å². The second-order valence-corrected chi connectivity index (χ2v) is 5.43. The third-order valence-electron chi connectivity index (χ3n) is 3.19. The van der Waals surface area contributed by atoms with Crippen molar-refractivity contribution >= 4 is 23.1 Å². The Labute approximate surface area is 114 Å². The summed E-state index contributed by atoms with van der Waals surface area (Å²) in [5.74, 6) is -0.0355. The molecule has 0 radical (unpaired) electrons. The summed E-state index contributed by atoms with van der Waals surface area (Å²) in [5.41, 5.74) is 6.21. The fourth-order valence-corrected chi connectivity index (χ4v) is 1.65. The topological polar surface area (TPSA) is 55.1 Å². The molecule has 0 spiro atoms. The summed E-state index contributed by atoms with van der Waals surface area (Å²) in [6.07, 6.45) is 0.762. The molecular weight excluding hydrogens is 244 g/mol. The zero-order chi connectivity index (χ0) is 13.8. The highest BCUT2D eigenvalue weighted by molar-refractivity contribution is 7.80. The lowest BCUT2D eigenvalue weighted by Crippen LogP contribution is -2.43. The molecule has 1 aromatic carbocycles. The quantitative estimate of drug-likeness (QED) is 0.804. The van der Waals surface area contributed by atoms with Gasteiger partial charge in [-0.2, -0.15) is 0 Å². The van der Waals surface area contributed by atoms with E-state index in [0.717, 1.165) is 12.0 Å². The molecular formula is C14H20N2OS. The fourth-order valence-electron chi connectivity index (χ4n) is 1.45. The maximum absolute atomic E-state index is 12.2. The van der Waals surface area contributed by atoms with Gasteiger partial charge in [-0.3, -0.25) is 4.79 Å². The van der Waals surface area contributed by atoms with E-state index in [1.54, 1.807) is 0 Å². The maximum atomic E-state index is 12.2. The first-order chi connectivity index (χ1) is 8.38. The standard InChI is InChI=1S/C14H20N2OS/c1-4-14(2,3)13(17)16-11(12(15)18)10-8-6-5-7-9-10/h5-9,11H,4H2,1-3H3,(H2,15,18)(H,16,17). The summed E-state index contributed by atoms with van der Waals surface area (Å²) >= 11 is 5.04. The van der Waals surface area contributed by atoms with Gasteiger partial charge in [-0.1, -0.05) is 63.3 Å². The van der Waals surface area contributed by atoms with Crippen LogP contribution in [0.4, 0.5) is 0 Å². The first kappa shape index (κ1) is 14.6. The fraction of sp³-hybridized carbons (Fsp3) is 0.429. The molecule has 1 amide bonds. The SMILES string of the molecule is CCC(C)(C)C(=O)NC(C(N)=S)c1ccccc1. The Morgan fingerprint density at radius 2 is 1.94 bits per heavy atom. The van der Waals surface area contributed by atoms with Gasteiger partial charge in [-0.15, -0.1) is 0 Å². The van der Waals surface area contributed by atoms with Crippen LogP contribution in [-0.4, -0.2) is 10.9 Å². The maximum Gasteiger partial charge on any atom is 0.226 e. The summed E-state index contributed by atoms with van der Waals surface area (Å²) < 4.78 is 0. The van der Waals surface area contributed by atoms with Crippen molar-refractivity contribution in [3.05, 3.63) is 35.9 Å². The van der Waals surface area contributed by atoms with E-state index < -0.39 is 11.5 Å². The molecule has 98 valence electrons. The number of thiocarbonyl (C=S) groups is 1. The lowest BCUT2D eigenvalue weighted by atomic mass is 9.88. The van der Waals surface area contributed by atoms with E-state index in [1.165, 1.54) is 0 Å². The van der Waals surface area contributed by atoms with Gasteiger partial charge in [0.25, 0.3) is 0 Å². The van der Waals surface area contributed by atoms with E-state index in [9.17, 15) is 4.79 Å². The first-order valence-electron chi connectivity index (χ1n) is 6.03. The van der Waals surface area contributed by atoms with Crippen LogP contribution in [0, 0.1) is 5.41 Å². The Balaban J connectivity index is 2.90. The van der Waals surface area contributed by atoms with Crippen LogP contribution < -0.4 is 11.1 Å². The summed E-state index contributed by atoms with van der Waals surface area (Å²) in [6, 6.07) is 9.12. The number of benzene rings is 1. The molecule has 1 atom stereocenters. The van der Waals surface area contributed by atoms with Gasteiger partial charge in [0.2, 0.25) is 5.91 Å². The van der Waals surface area contributed by atoms with Crippen LogP contribution >= 0.6 is 12.2 Å². The molecule has 0 saturated heterocycles. The second-order valence-electron chi connectivity index (χ2n) is 4.96. The van der Waals surface area contributed by atoms with E-state index in [-0.39, 0.29) is 10.9 Å². The van der Waals surface area contributed by atoms with Gasteiger partial charge in [0.05, 0.1) is 0 Å². The Hall–Kier alpha value is -1.42. The van der Waals surface area contributed by atoms with Gasteiger partial charge < -0.3 is 11.1 Å². The highest BCUT2D eigenvalue weighted by Gasteiger charge is 2.28. The van der Waals surface area contributed by atoms with E-state index in [2.05, 4.69) is 5.32 Å². The second kappa shape index (κ2) is 5.96. The molecule has 1 unspecified atom stereocenters. The molecule has 0 aliphatic carbocycles. The third kappa shape index (κ3) is 3.53. The highest BCUT2D eigenvalue weighted by atomic mass is 32.1. The average Bonchev–Trinajstić information content (AvgIpc) is 2.36. The number of carbonyl (C=O) groups is 1. The Bertz CT molecular complexity index is 429. The van der Waals surface area contributed by atoms with Gasteiger partial charge >= 0.3 is 0 Å². The zero-order valence-corrected chi connectivity index (χ0v) is 11.9. The minimum atomic E-state index is -0.419. The first-order valence-corrected chi connectivity index (χ1v) is 6.44. The molecule has 18 heavy (non-hydrogen) atoms. The summed E-state index contributed by atoms with van der Waals surface area (Å²) in [7, 11) is 0. The molecule has 3 N–H and O–H groups in total. The van der Waals surface area contributed by atoms with Crippen molar-refractivity contribution in [1.82, 2.24) is 5.32 Å². The van der Waals surface area contributed by atoms with Crippen molar-refractivity contribution in [2.45, 2.75) is 33.2 Å². The number of hydrogen-bond donors (Lipinski definition) is 2. The predicted octanol–water partition coefficient (Wildman–Crippen LogP) is 2.57. The van der Waals surface area contributed by atoms with Crippen LogP contribution in [0.2, 0.25) is 0 Å². The number of rotatable bonds is 5. The Kier molecular flexibility index (Phi) is 4.84. The number of nitrogens with two attached hydrogens (primary N) is 1. The van der Waals surface area contributed by atoms with E-state index in [0.29, 0.717) is 0 Å². The minimum Gasteiger partial charge on any atom is -0.391 e. The molecule has 0 aromatic heterocycles. The van der Waals surface area contributed by atoms with Crippen molar-refractivity contribution in [2.75, 3.05) is 0 Å². The molecule has 0 fully saturated rings. The molecule has 0 heterocycles. The zero-order valence-electron chi connectivity index (χ0n) is 11.1. The van der Waals surface area contributed by atoms with Crippen molar-refractivity contribution in [3.63, 3.8) is 0 Å². The van der Waals surface area contributed by atoms with Crippen molar-refractivity contribution in [2.24, 2.45) is 11.1 Å². The smallest absolute Gasteiger partial charge is 0.226 e. The van der Waals surface area contributed by atoms with Crippen LogP contribution in [0.25, 0.3) is 0 Å². The lowest BCUT2D eigenvalue weighted by molar-refractivity contribution is -0.129. The number of carbonyl (C=O) groups excluding carboxylic acids is 1. The molecule has 0 aliphatic heterocycles. The monoisotopic (exact) mass is 264 g/mol. The van der Waals surface area contributed by atoms with Crippen molar-refractivity contribution in [3.8, 4) is 0 Å². The largest absolute Gasteiger partial charge is 0.391 e. The van der Waals surface area contributed by atoms with Crippen molar-refractivity contribution < 1.29 is 4.79 Å². The van der Waals surface area contributed by atoms with Crippen LogP contribution in [0.3, 0.4) is 0 Å². The third-order valence-corrected chi connectivity index (χ3v) is 3.43. The minimum absolute atomic E-state index is 0.0355. The van der Waals surface area contributed by atoms with Crippen LogP contribution in [0.1, 0.15) is 38.8 Å². The van der Waals surface area contributed by atoms with Gasteiger partial charge in [-0.25, -0.2) is 0 Å². The average molecular weight is 264 g/mol. The summed E-state index contributed by atoms with van der Waals surface area (Å²) in [4.78, 5) is 12.4. The van der Waals surface area contributed by atoms with Gasteiger partial charge in [0.1, 0.15) is 11.0 Å². The van der Waals surface area contributed by atoms with Gasteiger partial charge in [0, 0.05) is 5.41 Å². The lowest BCUT2D eigenvalue weighted by Gasteiger charge is -2.26. The Morgan fingerprint density at radius 3 is 2.39 bits per heavy atom. The highest BCUT2D eigenvalue weighted by Crippen LogP contribution is 2.22. The molecule has 0 aliphatic rings. The summed E-state index contributed by atoms with van der Waals surface area (Å²) in [6.45, 7) is 5.80. The van der Waals surface area contributed by atoms with Crippen LogP contribution in [-0.2, 0) is 4.79 Å². The van der Waals surface area contributed by atoms with Gasteiger partial charge in [-0.05, 0) is 12.0 Å². The molecule has 3 nitrogen and oxygen atoms in total. The summed E-state index contributed by atoms with van der Waals surface area (Å²) in [5, 5.41) is 2.92. The Morgan fingerprint density at radius 1 is 1.39 bits per heavy atom. The molecule has 1 rings (SSSR count). The number of amides is 1. The predicted molar refractivity (Wildman–Crippen MR) is 78.2 cm³/mol. The molecule has 0 saturated carbocycles. The molecule has 1 aromatic rings. The van der Waals surface area contributed by atoms with Crippen LogP contribution in [0.5, 0.6) is 0 Å². The van der Waals surface area contributed by atoms with Gasteiger partial charge in [0.15, 0.2) is 0 Å². The normalized spacial score (nSPS) is 12.8. The molecule has 0 bridgehead atoms. The number of hydrogen-bond acceptors (Lipinski definition) is 2. The van der Waals surface area contributed by atoms with E-state index in [1.807, 2.05) is 51.1 Å². The molecule has 4 heteroatoms. The number of nitrogens with one attached hydrogen (secondary N) is 1.